The molecule has 0 unspecified atom stereocenters. The Morgan fingerprint density at radius 3 is 2.50 bits per heavy atom. The van der Waals surface area contributed by atoms with Gasteiger partial charge in [-0.3, -0.25) is 4.98 Å². The van der Waals surface area contributed by atoms with Crippen LogP contribution in [-0.4, -0.2) is 9.97 Å². The number of hydrogen-bond acceptors (Lipinski definition) is 3. The number of benzene rings is 1. The van der Waals surface area contributed by atoms with E-state index < -0.39 is 0 Å². The van der Waals surface area contributed by atoms with Crippen molar-refractivity contribution in [2.24, 2.45) is 0 Å². The lowest BCUT2D eigenvalue weighted by Crippen LogP contribution is -1.98. The normalized spacial score (nSPS) is 10.4. The summed E-state index contributed by atoms with van der Waals surface area (Å²) in [5.41, 5.74) is 11.0. The highest BCUT2D eigenvalue weighted by molar-refractivity contribution is 5.66. The number of nitrogens with zero attached hydrogens (tertiary/aromatic N) is 2. The van der Waals surface area contributed by atoms with Crippen LogP contribution < -0.4 is 5.73 Å². The Hall–Kier alpha value is -1.90. The molecule has 82 valence electrons. The lowest BCUT2D eigenvalue weighted by Gasteiger charge is -2.08. The zero-order valence-electron chi connectivity index (χ0n) is 9.78. The molecule has 1 aromatic heterocycles. The van der Waals surface area contributed by atoms with E-state index in [9.17, 15) is 0 Å². The lowest BCUT2D eigenvalue weighted by atomic mass is 10.0. The van der Waals surface area contributed by atoms with Crippen molar-refractivity contribution < 1.29 is 0 Å². The Bertz CT molecular complexity index is 483. The third-order valence-corrected chi connectivity index (χ3v) is 2.60. The summed E-state index contributed by atoms with van der Waals surface area (Å²) in [7, 11) is 0. The van der Waals surface area contributed by atoms with E-state index in [-0.39, 0.29) is 0 Å². The Labute approximate surface area is 95.4 Å². The molecule has 2 N–H and O–H groups in total. The van der Waals surface area contributed by atoms with Gasteiger partial charge >= 0.3 is 0 Å². The zero-order valence-corrected chi connectivity index (χ0v) is 9.78. The maximum Gasteiger partial charge on any atom is 0.142 e. The average molecular weight is 213 g/mol. The highest BCUT2D eigenvalue weighted by atomic mass is 14.9. The van der Waals surface area contributed by atoms with E-state index in [0.29, 0.717) is 5.82 Å². The SMILES string of the molecule is Cc1ccc(-c2ncc(N)nc2C)c(C)c1. The van der Waals surface area contributed by atoms with Crippen molar-refractivity contribution in [3.63, 3.8) is 0 Å². The van der Waals surface area contributed by atoms with Gasteiger partial charge in [-0.05, 0) is 26.3 Å². The summed E-state index contributed by atoms with van der Waals surface area (Å²) >= 11 is 0. The van der Waals surface area contributed by atoms with E-state index in [0.717, 1.165) is 17.0 Å². The van der Waals surface area contributed by atoms with Gasteiger partial charge in [0.1, 0.15) is 5.82 Å². The minimum atomic E-state index is 0.464. The van der Waals surface area contributed by atoms with Crippen LogP contribution in [0.4, 0.5) is 5.82 Å². The standard InChI is InChI=1S/C13H15N3/c1-8-4-5-11(9(2)6-8)13-10(3)16-12(14)7-15-13/h4-7H,1-3H3,(H2,14,16). The second kappa shape index (κ2) is 3.93. The maximum atomic E-state index is 5.59. The molecule has 2 aromatic rings. The molecule has 2 rings (SSSR count). The number of aromatic nitrogens is 2. The Morgan fingerprint density at radius 2 is 1.88 bits per heavy atom. The summed E-state index contributed by atoms with van der Waals surface area (Å²) in [4.78, 5) is 8.58. The fourth-order valence-corrected chi connectivity index (χ4v) is 1.84. The van der Waals surface area contributed by atoms with E-state index in [1.54, 1.807) is 6.20 Å². The van der Waals surface area contributed by atoms with E-state index in [4.69, 9.17) is 5.73 Å². The molecule has 0 spiro atoms. The summed E-state index contributed by atoms with van der Waals surface area (Å²) in [6, 6.07) is 6.31. The number of hydrogen-bond donors (Lipinski definition) is 1. The topological polar surface area (TPSA) is 51.8 Å². The summed E-state index contributed by atoms with van der Waals surface area (Å²) in [6.45, 7) is 6.09. The molecular formula is C13H15N3. The van der Waals surface area contributed by atoms with Crippen LogP contribution in [0.3, 0.4) is 0 Å². The predicted octanol–water partition coefficient (Wildman–Crippen LogP) is 2.65. The molecule has 0 bridgehead atoms. The molecule has 3 nitrogen and oxygen atoms in total. The van der Waals surface area contributed by atoms with Gasteiger partial charge in [-0.1, -0.05) is 23.8 Å². The smallest absolute Gasteiger partial charge is 0.142 e. The van der Waals surface area contributed by atoms with Crippen LogP contribution in [0.25, 0.3) is 11.3 Å². The first kappa shape index (κ1) is 10.6. The number of nitrogens with two attached hydrogens (primary N) is 1. The predicted molar refractivity (Wildman–Crippen MR) is 66.1 cm³/mol. The van der Waals surface area contributed by atoms with Gasteiger partial charge in [-0.2, -0.15) is 0 Å². The fraction of sp³-hybridized carbons (Fsp3) is 0.231. The summed E-state index contributed by atoms with van der Waals surface area (Å²) in [6.07, 6.45) is 1.60. The molecule has 0 saturated heterocycles. The second-order valence-corrected chi connectivity index (χ2v) is 4.05. The van der Waals surface area contributed by atoms with Gasteiger partial charge < -0.3 is 5.73 Å². The molecule has 0 aliphatic carbocycles. The molecule has 16 heavy (non-hydrogen) atoms. The van der Waals surface area contributed by atoms with Crippen molar-refractivity contribution in [1.29, 1.82) is 0 Å². The number of rotatable bonds is 1. The molecule has 0 amide bonds. The lowest BCUT2D eigenvalue weighted by molar-refractivity contribution is 1.13. The molecule has 0 fully saturated rings. The van der Waals surface area contributed by atoms with Gasteiger partial charge in [-0.15, -0.1) is 0 Å². The highest BCUT2D eigenvalue weighted by Crippen LogP contribution is 2.24. The molecular weight excluding hydrogens is 198 g/mol. The van der Waals surface area contributed by atoms with Gasteiger partial charge in [0.2, 0.25) is 0 Å². The number of aryl methyl sites for hydroxylation is 3. The monoisotopic (exact) mass is 213 g/mol. The van der Waals surface area contributed by atoms with Gasteiger partial charge in [0.25, 0.3) is 0 Å². The molecule has 3 heteroatoms. The first-order chi connectivity index (χ1) is 7.58. The third-order valence-electron chi connectivity index (χ3n) is 2.60. The average Bonchev–Trinajstić information content (AvgIpc) is 2.19. The van der Waals surface area contributed by atoms with Crippen molar-refractivity contribution in [1.82, 2.24) is 9.97 Å². The van der Waals surface area contributed by atoms with E-state index in [1.165, 1.54) is 11.1 Å². The van der Waals surface area contributed by atoms with Gasteiger partial charge in [-0.25, -0.2) is 4.98 Å². The van der Waals surface area contributed by atoms with Crippen LogP contribution in [0.2, 0.25) is 0 Å². The second-order valence-electron chi connectivity index (χ2n) is 4.05. The van der Waals surface area contributed by atoms with Crippen molar-refractivity contribution >= 4 is 5.82 Å². The maximum absolute atomic E-state index is 5.59. The van der Waals surface area contributed by atoms with Crippen molar-refractivity contribution in [3.05, 3.63) is 41.2 Å². The van der Waals surface area contributed by atoms with Crippen LogP contribution in [-0.2, 0) is 0 Å². The van der Waals surface area contributed by atoms with Crippen LogP contribution in [0.5, 0.6) is 0 Å². The minimum Gasteiger partial charge on any atom is -0.382 e. The third kappa shape index (κ3) is 1.89. The van der Waals surface area contributed by atoms with Crippen LogP contribution in [0.1, 0.15) is 16.8 Å². The summed E-state index contributed by atoms with van der Waals surface area (Å²) in [5, 5.41) is 0. The summed E-state index contributed by atoms with van der Waals surface area (Å²) in [5.74, 6) is 0.464. The fourth-order valence-electron chi connectivity index (χ4n) is 1.84. The molecule has 0 aliphatic rings. The van der Waals surface area contributed by atoms with Crippen molar-refractivity contribution in [2.45, 2.75) is 20.8 Å². The molecule has 1 aromatic carbocycles. The van der Waals surface area contributed by atoms with Gasteiger partial charge in [0.05, 0.1) is 17.6 Å². The zero-order chi connectivity index (χ0) is 11.7. The van der Waals surface area contributed by atoms with E-state index in [1.807, 2.05) is 6.92 Å². The van der Waals surface area contributed by atoms with E-state index in [2.05, 4.69) is 42.0 Å². The van der Waals surface area contributed by atoms with Crippen LogP contribution in [0.15, 0.2) is 24.4 Å². The van der Waals surface area contributed by atoms with Crippen LogP contribution in [0, 0.1) is 20.8 Å². The van der Waals surface area contributed by atoms with Crippen molar-refractivity contribution in [3.8, 4) is 11.3 Å². The van der Waals surface area contributed by atoms with Crippen molar-refractivity contribution in [2.75, 3.05) is 5.73 Å². The molecule has 0 saturated carbocycles. The van der Waals surface area contributed by atoms with Crippen LogP contribution >= 0.6 is 0 Å². The Morgan fingerprint density at radius 1 is 1.12 bits per heavy atom. The first-order valence-electron chi connectivity index (χ1n) is 5.24. The quantitative estimate of drug-likeness (QED) is 0.792. The first-order valence-corrected chi connectivity index (χ1v) is 5.24. The Kier molecular flexibility index (Phi) is 2.60. The number of anilines is 1. The highest BCUT2D eigenvalue weighted by Gasteiger charge is 2.07. The largest absolute Gasteiger partial charge is 0.382 e. The molecule has 0 radical (unpaired) electrons. The van der Waals surface area contributed by atoms with Gasteiger partial charge in [0, 0.05) is 5.56 Å². The van der Waals surface area contributed by atoms with Gasteiger partial charge in [0.15, 0.2) is 0 Å². The molecule has 0 aliphatic heterocycles. The van der Waals surface area contributed by atoms with E-state index >= 15 is 0 Å². The molecule has 0 atom stereocenters. The minimum absolute atomic E-state index is 0.464. The summed E-state index contributed by atoms with van der Waals surface area (Å²) < 4.78 is 0. The Balaban J connectivity index is 2.59. The molecule has 1 heterocycles. The number of nitrogen functional groups attached to an aromatic ring is 1.